The summed E-state index contributed by atoms with van der Waals surface area (Å²) in [5.41, 5.74) is 7.42. The number of rotatable bonds is 5. The van der Waals surface area contributed by atoms with Gasteiger partial charge in [-0.05, 0) is 54.9 Å². The molecular weight excluding hydrogens is 270 g/mol. The van der Waals surface area contributed by atoms with E-state index in [0.717, 1.165) is 5.56 Å². The lowest BCUT2D eigenvalue weighted by atomic mass is 10.1. The Bertz CT molecular complexity index is 666. The van der Waals surface area contributed by atoms with Crippen LogP contribution >= 0.6 is 0 Å². The quantitative estimate of drug-likeness (QED) is 0.733. The molecule has 0 saturated heterocycles. The Labute approximate surface area is 121 Å². The van der Waals surface area contributed by atoms with Crippen LogP contribution < -0.4 is 5.73 Å². The third-order valence-electron chi connectivity index (χ3n) is 2.86. The minimum Gasteiger partial charge on any atom is -0.506 e. The number of carboxylic acids is 1. The highest BCUT2D eigenvalue weighted by Crippen LogP contribution is 2.29. The summed E-state index contributed by atoms with van der Waals surface area (Å²) in [6, 6.07) is 11.1. The van der Waals surface area contributed by atoms with Gasteiger partial charge in [-0.25, -0.2) is 4.79 Å². The van der Waals surface area contributed by atoms with Gasteiger partial charge >= 0.3 is 5.97 Å². The molecular formula is C15H15N3O3. The third kappa shape index (κ3) is 3.87. The molecule has 0 aliphatic heterocycles. The molecule has 2 aromatic rings. The maximum atomic E-state index is 10.7. The van der Waals surface area contributed by atoms with E-state index in [0.29, 0.717) is 24.3 Å². The van der Waals surface area contributed by atoms with Gasteiger partial charge in [0.05, 0.1) is 11.3 Å². The van der Waals surface area contributed by atoms with Gasteiger partial charge in [0.1, 0.15) is 11.4 Å². The Balaban J connectivity index is 2.15. The highest BCUT2D eigenvalue weighted by Gasteiger charge is 2.03. The average molecular weight is 285 g/mol. The van der Waals surface area contributed by atoms with E-state index in [1.165, 1.54) is 12.1 Å². The summed E-state index contributed by atoms with van der Waals surface area (Å²) < 4.78 is 0. The first kappa shape index (κ1) is 14.7. The van der Waals surface area contributed by atoms with Crippen molar-refractivity contribution in [3.05, 3.63) is 53.6 Å². The Morgan fingerprint density at radius 3 is 2.38 bits per heavy atom. The summed E-state index contributed by atoms with van der Waals surface area (Å²) >= 11 is 0. The first-order chi connectivity index (χ1) is 10.1. The molecule has 6 heteroatoms. The molecule has 0 spiro atoms. The zero-order chi connectivity index (χ0) is 15.2. The van der Waals surface area contributed by atoms with Gasteiger partial charge in [0.15, 0.2) is 0 Å². The molecule has 2 rings (SSSR count). The summed E-state index contributed by atoms with van der Waals surface area (Å²) in [6.07, 6.45) is 0.682. The number of hydrogen-bond donors (Lipinski definition) is 3. The lowest BCUT2D eigenvalue weighted by molar-refractivity contribution is 0.0697. The van der Waals surface area contributed by atoms with Crippen molar-refractivity contribution in [1.82, 2.24) is 0 Å². The topological polar surface area (TPSA) is 108 Å². The van der Waals surface area contributed by atoms with Crippen molar-refractivity contribution in [3.63, 3.8) is 0 Å². The lowest BCUT2D eigenvalue weighted by Gasteiger charge is -2.02. The fourth-order valence-corrected chi connectivity index (χ4v) is 1.76. The summed E-state index contributed by atoms with van der Waals surface area (Å²) in [7, 11) is 0. The van der Waals surface area contributed by atoms with E-state index in [9.17, 15) is 9.90 Å². The Hall–Kier alpha value is -2.73. The predicted molar refractivity (Wildman–Crippen MR) is 78.4 cm³/mol. The van der Waals surface area contributed by atoms with E-state index >= 15 is 0 Å². The fraction of sp³-hybridized carbons (Fsp3) is 0.133. The number of benzene rings is 2. The number of aromatic hydroxyl groups is 1. The van der Waals surface area contributed by atoms with Gasteiger partial charge in [0, 0.05) is 0 Å². The van der Waals surface area contributed by atoms with Crippen molar-refractivity contribution < 1.29 is 15.0 Å². The number of aromatic carboxylic acids is 1. The average Bonchev–Trinajstić information content (AvgIpc) is 2.47. The summed E-state index contributed by atoms with van der Waals surface area (Å²) in [4.78, 5) is 10.7. The van der Waals surface area contributed by atoms with E-state index in [2.05, 4.69) is 10.2 Å². The van der Waals surface area contributed by atoms with E-state index in [1.807, 2.05) is 6.07 Å². The van der Waals surface area contributed by atoms with E-state index < -0.39 is 5.97 Å². The minimum atomic E-state index is -0.994. The van der Waals surface area contributed by atoms with E-state index in [4.69, 9.17) is 10.8 Å². The van der Waals surface area contributed by atoms with E-state index in [-0.39, 0.29) is 11.3 Å². The SMILES string of the molecule is NCCc1ccc(/N=N/c2ccc(C(=O)O)cc2)c(O)c1. The molecule has 0 aliphatic carbocycles. The molecule has 6 nitrogen and oxygen atoms in total. The molecule has 0 atom stereocenters. The number of azo groups is 1. The number of carboxylic acid groups (broad SMARTS) is 1. The Morgan fingerprint density at radius 1 is 1.10 bits per heavy atom. The van der Waals surface area contributed by atoms with Gasteiger partial charge in [0.2, 0.25) is 0 Å². The van der Waals surface area contributed by atoms with Crippen molar-refractivity contribution >= 4 is 17.3 Å². The molecule has 4 N–H and O–H groups in total. The number of carbonyl (C=O) groups is 1. The lowest BCUT2D eigenvalue weighted by Crippen LogP contribution is -2.02. The van der Waals surface area contributed by atoms with Crippen molar-refractivity contribution in [2.45, 2.75) is 6.42 Å². The minimum absolute atomic E-state index is 0.0341. The molecule has 2 aromatic carbocycles. The van der Waals surface area contributed by atoms with Gasteiger partial charge in [-0.15, -0.1) is 5.11 Å². The summed E-state index contributed by atoms with van der Waals surface area (Å²) in [5, 5.41) is 26.5. The second-order valence-electron chi connectivity index (χ2n) is 4.41. The van der Waals surface area contributed by atoms with Crippen LogP contribution in [0.4, 0.5) is 11.4 Å². The smallest absolute Gasteiger partial charge is 0.335 e. The third-order valence-corrected chi connectivity index (χ3v) is 2.86. The number of hydrogen-bond acceptors (Lipinski definition) is 5. The summed E-state index contributed by atoms with van der Waals surface area (Å²) in [6.45, 7) is 0.510. The van der Waals surface area contributed by atoms with E-state index in [1.54, 1.807) is 24.3 Å². The van der Waals surface area contributed by atoms with Gasteiger partial charge in [-0.3, -0.25) is 0 Å². The predicted octanol–water partition coefficient (Wildman–Crippen LogP) is 3.01. The van der Waals surface area contributed by atoms with Crippen LogP contribution in [0.5, 0.6) is 5.75 Å². The highest BCUT2D eigenvalue weighted by atomic mass is 16.4. The largest absolute Gasteiger partial charge is 0.506 e. The van der Waals surface area contributed by atoms with Crippen molar-refractivity contribution in [2.75, 3.05) is 6.54 Å². The molecule has 0 amide bonds. The molecule has 0 aliphatic rings. The monoisotopic (exact) mass is 285 g/mol. The maximum absolute atomic E-state index is 10.7. The number of phenolic OH excluding ortho intramolecular Hbond substituents is 1. The van der Waals surface area contributed by atoms with Crippen molar-refractivity contribution in [3.8, 4) is 5.75 Å². The maximum Gasteiger partial charge on any atom is 0.335 e. The van der Waals surface area contributed by atoms with Gasteiger partial charge in [-0.2, -0.15) is 5.11 Å². The molecule has 21 heavy (non-hydrogen) atoms. The Morgan fingerprint density at radius 2 is 1.81 bits per heavy atom. The van der Waals surface area contributed by atoms with Gasteiger partial charge in [0.25, 0.3) is 0 Å². The number of nitrogens with two attached hydrogens (primary N) is 1. The summed E-state index contributed by atoms with van der Waals surface area (Å²) in [5.74, 6) is -0.960. The zero-order valence-corrected chi connectivity index (χ0v) is 11.2. The number of nitrogens with zero attached hydrogens (tertiary/aromatic N) is 2. The van der Waals surface area contributed by atoms with Crippen LogP contribution in [0, 0.1) is 0 Å². The Kier molecular flexibility index (Phi) is 4.63. The molecule has 0 heterocycles. The van der Waals surface area contributed by atoms with Crippen LogP contribution in [0.3, 0.4) is 0 Å². The first-order valence-electron chi connectivity index (χ1n) is 6.37. The zero-order valence-electron chi connectivity index (χ0n) is 11.2. The van der Waals surface area contributed by atoms with Crippen molar-refractivity contribution in [1.29, 1.82) is 0 Å². The first-order valence-corrected chi connectivity index (χ1v) is 6.37. The normalized spacial score (nSPS) is 10.9. The molecule has 0 radical (unpaired) electrons. The second kappa shape index (κ2) is 6.62. The molecule has 0 fully saturated rings. The standard InChI is InChI=1S/C15H15N3O3/c16-8-7-10-1-6-13(14(19)9-10)18-17-12-4-2-11(3-5-12)15(20)21/h1-6,9,19H,7-8,16H2,(H,20,21)/b18-17+. The highest BCUT2D eigenvalue weighted by molar-refractivity contribution is 5.87. The van der Waals surface area contributed by atoms with Crippen LogP contribution in [0.2, 0.25) is 0 Å². The second-order valence-corrected chi connectivity index (χ2v) is 4.41. The van der Waals surface area contributed by atoms with Crippen LogP contribution in [0.15, 0.2) is 52.7 Å². The van der Waals surface area contributed by atoms with Crippen LogP contribution in [-0.4, -0.2) is 22.7 Å². The molecule has 0 aromatic heterocycles. The molecule has 0 saturated carbocycles. The van der Waals surface area contributed by atoms with Crippen LogP contribution in [0.1, 0.15) is 15.9 Å². The van der Waals surface area contributed by atoms with Crippen LogP contribution in [-0.2, 0) is 6.42 Å². The van der Waals surface area contributed by atoms with Crippen LogP contribution in [0.25, 0.3) is 0 Å². The van der Waals surface area contributed by atoms with Gasteiger partial charge in [-0.1, -0.05) is 6.07 Å². The fourth-order valence-electron chi connectivity index (χ4n) is 1.76. The molecule has 0 bridgehead atoms. The molecule has 108 valence electrons. The number of phenols is 1. The van der Waals surface area contributed by atoms with Gasteiger partial charge < -0.3 is 15.9 Å². The molecule has 0 unspecified atom stereocenters. The van der Waals surface area contributed by atoms with Crippen molar-refractivity contribution in [2.24, 2.45) is 16.0 Å².